The minimum Gasteiger partial charge on any atom is -0.461 e. The molecule has 1 aliphatic heterocycles. The average Bonchev–Trinajstić information content (AvgIpc) is 2.53. The molecule has 0 aromatic rings. The van der Waals surface area contributed by atoms with E-state index in [0.717, 1.165) is 24.4 Å². The van der Waals surface area contributed by atoms with E-state index >= 15 is 0 Å². The third-order valence-electron chi connectivity index (χ3n) is 6.51. The molecule has 1 heterocycles. The van der Waals surface area contributed by atoms with Gasteiger partial charge in [0, 0.05) is 13.7 Å². The van der Waals surface area contributed by atoms with Gasteiger partial charge in [-0.1, -0.05) is 12.8 Å². The molecule has 126 valence electrons. The predicted octanol–water partition coefficient (Wildman–Crippen LogP) is 4.34. The zero-order chi connectivity index (χ0) is 15.4. The Bertz CT molecular complexity index is 344. The van der Waals surface area contributed by atoms with E-state index < -0.39 is 0 Å². The number of rotatable bonds is 6. The lowest BCUT2D eigenvalue weighted by Crippen LogP contribution is -2.41. The molecular weight excluding hydrogens is 276 g/mol. The zero-order valence-corrected chi connectivity index (χ0v) is 14.1. The highest BCUT2D eigenvalue weighted by atomic mass is 16.6. The summed E-state index contributed by atoms with van der Waals surface area (Å²) in [7, 11) is 1.80. The van der Waals surface area contributed by atoms with E-state index in [2.05, 4.69) is 0 Å². The summed E-state index contributed by atoms with van der Waals surface area (Å²) in [6, 6.07) is 0. The maximum atomic E-state index is 11.0. The number of carbonyl (C=O) groups excluding carboxylic acids is 1. The summed E-state index contributed by atoms with van der Waals surface area (Å²) in [4.78, 5) is 11.0. The summed E-state index contributed by atoms with van der Waals surface area (Å²) in [5.41, 5.74) is 0. The SMILES string of the molecule is COCCCC1CCC(C2CCC(C3CC(=O)O3)CC2)CC1. The number of methoxy groups -OCH3 is 1. The fourth-order valence-corrected chi connectivity index (χ4v) is 5.04. The van der Waals surface area contributed by atoms with Gasteiger partial charge in [0.15, 0.2) is 0 Å². The molecule has 1 saturated heterocycles. The summed E-state index contributed by atoms with van der Waals surface area (Å²) < 4.78 is 10.4. The van der Waals surface area contributed by atoms with Crippen LogP contribution in [0.5, 0.6) is 0 Å². The Morgan fingerprint density at radius 3 is 2.05 bits per heavy atom. The maximum absolute atomic E-state index is 11.0. The van der Waals surface area contributed by atoms with Crippen molar-refractivity contribution < 1.29 is 14.3 Å². The summed E-state index contributed by atoms with van der Waals surface area (Å²) in [5.74, 6) is 3.56. The van der Waals surface area contributed by atoms with Crippen molar-refractivity contribution >= 4 is 5.97 Å². The molecule has 0 aromatic heterocycles. The largest absolute Gasteiger partial charge is 0.461 e. The normalized spacial score (nSPS) is 39.1. The van der Waals surface area contributed by atoms with Gasteiger partial charge in [-0.15, -0.1) is 0 Å². The smallest absolute Gasteiger partial charge is 0.309 e. The third-order valence-corrected chi connectivity index (χ3v) is 6.51. The lowest BCUT2D eigenvalue weighted by Gasteiger charge is -2.41. The number of esters is 1. The van der Waals surface area contributed by atoms with Crippen molar-refractivity contribution in [1.82, 2.24) is 0 Å². The van der Waals surface area contributed by atoms with E-state index in [9.17, 15) is 4.79 Å². The van der Waals surface area contributed by atoms with Gasteiger partial charge in [0.1, 0.15) is 6.10 Å². The predicted molar refractivity (Wildman–Crippen MR) is 86.5 cm³/mol. The monoisotopic (exact) mass is 308 g/mol. The number of cyclic esters (lactones) is 1. The average molecular weight is 308 g/mol. The van der Waals surface area contributed by atoms with Crippen LogP contribution in [0.15, 0.2) is 0 Å². The molecule has 3 heteroatoms. The molecule has 1 unspecified atom stereocenters. The van der Waals surface area contributed by atoms with Crippen LogP contribution in [0, 0.1) is 23.7 Å². The first-order valence-corrected chi connectivity index (χ1v) is 9.44. The Labute approximate surface area is 135 Å². The van der Waals surface area contributed by atoms with Gasteiger partial charge < -0.3 is 9.47 Å². The standard InChI is InChI=1S/C19H32O3/c1-21-12-2-3-14-4-6-15(7-5-14)16-8-10-17(11-9-16)18-13-19(20)22-18/h14-18H,2-13H2,1H3. The molecule has 3 rings (SSSR count). The molecule has 0 spiro atoms. The van der Waals surface area contributed by atoms with E-state index in [4.69, 9.17) is 9.47 Å². The van der Waals surface area contributed by atoms with Gasteiger partial charge in [0.25, 0.3) is 0 Å². The van der Waals surface area contributed by atoms with Crippen LogP contribution in [0.3, 0.4) is 0 Å². The Kier molecular flexibility index (Phi) is 5.78. The second-order valence-electron chi connectivity index (χ2n) is 7.82. The molecule has 0 radical (unpaired) electrons. The molecule has 3 aliphatic rings. The van der Waals surface area contributed by atoms with Crippen LogP contribution in [0.25, 0.3) is 0 Å². The van der Waals surface area contributed by atoms with Gasteiger partial charge in [-0.2, -0.15) is 0 Å². The summed E-state index contributed by atoms with van der Waals surface area (Å²) in [6.07, 6.45) is 14.6. The Morgan fingerprint density at radius 2 is 1.50 bits per heavy atom. The van der Waals surface area contributed by atoms with Crippen molar-refractivity contribution in [3.05, 3.63) is 0 Å². The van der Waals surface area contributed by atoms with Crippen molar-refractivity contribution in [2.24, 2.45) is 23.7 Å². The van der Waals surface area contributed by atoms with Gasteiger partial charge in [0.2, 0.25) is 0 Å². The minimum absolute atomic E-state index is 0.0129. The number of ether oxygens (including phenoxy) is 2. The Hall–Kier alpha value is -0.570. The van der Waals surface area contributed by atoms with Gasteiger partial charge in [0.05, 0.1) is 6.42 Å². The number of hydrogen-bond donors (Lipinski definition) is 0. The zero-order valence-electron chi connectivity index (χ0n) is 14.1. The fraction of sp³-hybridized carbons (Fsp3) is 0.947. The second kappa shape index (κ2) is 7.81. The number of carbonyl (C=O) groups is 1. The molecule has 1 atom stereocenters. The maximum Gasteiger partial charge on any atom is 0.309 e. The molecule has 22 heavy (non-hydrogen) atoms. The molecule has 0 bridgehead atoms. The third kappa shape index (κ3) is 4.04. The molecule has 2 saturated carbocycles. The van der Waals surface area contributed by atoms with Crippen molar-refractivity contribution in [2.75, 3.05) is 13.7 Å². The lowest BCUT2D eigenvalue weighted by molar-refractivity contribution is -0.176. The quantitative estimate of drug-likeness (QED) is 0.541. The molecule has 0 N–H and O–H groups in total. The fourth-order valence-electron chi connectivity index (χ4n) is 5.04. The van der Waals surface area contributed by atoms with E-state index in [0.29, 0.717) is 12.3 Å². The Balaban J connectivity index is 1.33. The first-order valence-electron chi connectivity index (χ1n) is 9.44. The Morgan fingerprint density at radius 1 is 0.955 bits per heavy atom. The summed E-state index contributed by atoms with van der Waals surface area (Å²) in [6.45, 7) is 0.926. The van der Waals surface area contributed by atoms with Crippen LogP contribution >= 0.6 is 0 Å². The van der Waals surface area contributed by atoms with Crippen LogP contribution in [0.4, 0.5) is 0 Å². The van der Waals surface area contributed by atoms with Crippen molar-refractivity contribution in [3.63, 3.8) is 0 Å². The topological polar surface area (TPSA) is 35.5 Å². The van der Waals surface area contributed by atoms with Crippen LogP contribution in [-0.4, -0.2) is 25.8 Å². The van der Waals surface area contributed by atoms with Crippen molar-refractivity contribution in [2.45, 2.75) is 76.7 Å². The van der Waals surface area contributed by atoms with Crippen LogP contribution in [0.2, 0.25) is 0 Å². The van der Waals surface area contributed by atoms with Gasteiger partial charge in [-0.3, -0.25) is 4.79 Å². The van der Waals surface area contributed by atoms with Crippen molar-refractivity contribution in [3.8, 4) is 0 Å². The first kappa shape index (κ1) is 16.3. The van der Waals surface area contributed by atoms with E-state index in [1.54, 1.807) is 7.11 Å². The summed E-state index contributed by atoms with van der Waals surface area (Å²) in [5, 5.41) is 0. The van der Waals surface area contributed by atoms with E-state index in [1.807, 2.05) is 0 Å². The lowest BCUT2D eigenvalue weighted by atomic mass is 9.67. The summed E-state index contributed by atoms with van der Waals surface area (Å²) >= 11 is 0. The number of hydrogen-bond acceptors (Lipinski definition) is 3. The van der Waals surface area contributed by atoms with Gasteiger partial charge >= 0.3 is 5.97 Å². The minimum atomic E-state index is 0.0129. The molecule has 0 aromatic carbocycles. The molecule has 3 fully saturated rings. The van der Waals surface area contributed by atoms with Crippen molar-refractivity contribution in [1.29, 1.82) is 0 Å². The highest BCUT2D eigenvalue weighted by Gasteiger charge is 2.39. The van der Waals surface area contributed by atoms with E-state index in [1.165, 1.54) is 64.2 Å². The van der Waals surface area contributed by atoms with Crippen LogP contribution in [-0.2, 0) is 14.3 Å². The highest BCUT2D eigenvalue weighted by Crippen LogP contribution is 2.44. The molecular formula is C19H32O3. The molecule has 2 aliphatic carbocycles. The molecule has 0 amide bonds. The van der Waals surface area contributed by atoms with Crippen LogP contribution < -0.4 is 0 Å². The van der Waals surface area contributed by atoms with Crippen LogP contribution in [0.1, 0.15) is 70.6 Å². The highest BCUT2D eigenvalue weighted by molar-refractivity contribution is 5.75. The van der Waals surface area contributed by atoms with Gasteiger partial charge in [-0.25, -0.2) is 0 Å². The molecule has 3 nitrogen and oxygen atoms in total. The van der Waals surface area contributed by atoms with Gasteiger partial charge in [-0.05, 0) is 75.0 Å². The first-order chi connectivity index (χ1) is 10.8. The van der Waals surface area contributed by atoms with E-state index in [-0.39, 0.29) is 12.1 Å². The second-order valence-corrected chi connectivity index (χ2v) is 7.82.